The van der Waals surface area contributed by atoms with Crippen molar-refractivity contribution in [1.29, 1.82) is 0 Å². The third kappa shape index (κ3) is 15.5. The highest BCUT2D eigenvalue weighted by atomic mass is 19.4. The molecule has 0 radical (unpaired) electrons. The van der Waals surface area contributed by atoms with Gasteiger partial charge in [-0.15, -0.1) is 0 Å². The number of halogens is 17. The van der Waals surface area contributed by atoms with Gasteiger partial charge < -0.3 is 29.9 Å². The maximum absolute atomic E-state index is 14.3. The van der Waals surface area contributed by atoms with E-state index in [0.717, 1.165) is 43.5 Å². The van der Waals surface area contributed by atoms with Gasteiger partial charge in [0.1, 0.15) is 24.4 Å². The molecule has 9 nitrogen and oxygen atoms in total. The van der Waals surface area contributed by atoms with Crippen LogP contribution < -0.4 is 5.43 Å². The fraction of sp³-hybridized carbons (Fsp3) is 0.974. The Bertz CT molecular complexity index is 1360. The van der Waals surface area contributed by atoms with Crippen LogP contribution in [0.1, 0.15) is 135 Å². The van der Waals surface area contributed by atoms with Gasteiger partial charge in [-0.05, 0) is 19.3 Å². The summed E-state index contributed by atoms with van der Waals surface area (Å²) in [5, 5.41) is 40.6. The molecule has 65 heavy (non-hydrogen) atoms. The van der Waals surface area contributed by atoms with Crippen LogP contribution >= 0.6 is 0 Å². The Morgan fingerprint density at radius 1 is 0.554 bits per heavy atom. The van der Waals surface area contributed by atoms with E-state index < -0.39 is 117 Å². The summed E-state index contributed by atoms with van der Waals surface area (Å²) in [4.78, 5) is 13.1. The van der Waals surface area contributed by atoms with Gasteiger partial charge in [-0.25, -0.2) is 5.43 Å². The monoisotopic (exact) mass is 992 g/mol. The van der Waals surface area contributed by atoms with E-state index in [9.17, 15) is 99.9 Å². The Balaban J connectivity index is 2.80. The minimum atomic E-state index is -8.68. The number of ether oxygens (including phenoxy) is 2. The Hall–Kier alpha value is -2.00. The van der Waals surface area contributed by atoms with Crippen molar-refractivity contribution in [1.82, 2.24) is 10.4 Å². The number of amides is 1. The number of alkyl halides is 17. The third-order valence-corrected chi connectivity index (χ3v) is 11.0. The van der Waals surface area contributed by atoms with Crippen molar-refractivity contribution in [2.75, 3.05) is 26.3 Å². The van der Waals surface area contributed by atoms with Crippen LogP contribution in [0.4, 0.5) is 74.6 Å². The second-order valence-electron chi connectivity index (χ2n) is 16.2. The van der Waals surface area contributed by atoms with Gasteiger partial charge in [-0.1, -0.05) is 103 Å². The smallest absolute Gasteiger partial charge is 0.394 e. The molecule has 5 N–H and O–H groups in total. The maximum Gasteiger partial charge on any atom is 0.460 e. The molecule has 26 heteroatoms. The van der Waals surface area contributed by atoms with E-state index in [1.165, 1.54) is 44.9 Å². The lowest BCUT2D eigenvalue weighted by Gasteiger charge is -2.42. The minimum absolute atomic E-state index is 0.241. The fourth-order valence-electron chi connectivity index (χ4n) is 6.76. The Morgan fingerprint density at radius 2 is 0.969 bits per heavy atom. The van der Waals surface area contributed by atoms with E-state index in [-0.39, 0.29) is 32.5 Å². The van der Waals surface area contributed by atoms with Crippen LogP contribution in [-0.4, -0.2) is 136 Å². The maximum atomic E-state index is 14.3. The summed E-state index contributed by atoms with van der Waals surface area (Å²) in [6, 6.07) is 0. The summed E-state index contributed by atoms with van der Waals surface area (Å²) in [5.74, 6) is -57.3. The molecule has 388 valence electrons. The van der Waals surface area contributed by atoms with E-state index in [2.05, 4.69) is 12.3 Å². The molecule has 0 aromatic rings. The molecular weight excluding hydrogens is 931 g/mol. The molecule has 5 atom stereocenters. The summed E-state index contributed by atoms with van der Waals surface area (Å²) < 4.78 is 241. The first-order valence-corrected chi connectivity index (χ1v) is 21.5. The van der Waals surface area contributed by atoms with Crippen molar-refractivity contribution >= 4 is 5.91 Å². The topological polar surface area (TPSA) is 132 Å². The van der Waals surface area contributed by atoms with Gasteiger partial charge in [0.05, 0.1) is 19.8 Å². The number of carbonyl (C=O) groups is 1. The molecule has 0 spiro atoms. The van der Waals surface area contributed by atoms with Gasteiger partial charge >= 0.3 is 47.6 Å². The Labute approximate surface area is 365 Å². The number of rotatable bonds is 34. The number of aliphatic hydroxyl groups is 4. The molecule has 0 aromatic heterocycles. The van der Waals surface area contributed by atoms with Crippen LogP contribution in [-0.2, 0) is 14.3 Å². The molecule has 0 aromatic carbocycles. The number of carbonyl (C=O) groups excluding carboxylic acids is 1. The van der Waals surface area contributed by atoms with Gasteiger partial charge in [-0.2, -0.15) is 74.6 Å². The first-order chi connectivity index (χ1) is 29.9. The summed E-state index contributed by atoms with van der Waals surface area (Å²) in [6.07, 6.45) is -6.44. The molecule has 1 fully saturated rings. The summed E-state index contributed by atoms with van der Waals surface area (Å²) in [7, 11) is 0. The van der Waals surface area contributed by atoms with Crippen LogP contribution in [0.3, 0.4) is 0 Å². The third-order valence-electron chi connectivity index (χ3n) is 11.0. The number of nitrogens with one attached hydrogen (secondary N) is 1. The van der Waals surface area contributed by atoms with Gasteiger partial charge in [0, 0.05) is 19.4 Å². The average Bonchev–Trinajstić information content (AvgIpc) is 3.21. The van der Waals surface area contributed by atoms with Gasteiger partial charge in [0.25, 0.3) is 0 Å². The largest absolute Gasteiger partial charge is 0.460 e. The van der Waals surface area contributed by atoms with Crippen LogP contribution in [0.2, 0.25) is 0 Å². The first-order valence-electron chi connectivity index (χ1n) is 21.5. The van der Waals surface area contributed by atoms with Crippen molar-refractivity contribution in [3.05, 3.63) is 0 Å². The van der Waals surface area contributed by atoms with Crippen molar-refractivity contribution in [2.24, 2.45) is 0 Å². The number of hydrazine groups is 1. The molecule has 1 heterocycles. The molecule has 1 aliphatic heterocycles. The zero-order valence-corrected chi connectivity index (χ0v) is 35.7. The number of aliphatic hydroxyl groups excluding tert-OH is 4. The fourth-order valence-corrected chi connectivity index (χ4v) is 6.76. The standard InChI is InChI=1S/C39H61F17N2O7/c1-2-3-4-5-6-7-8-9-10-11-12-13-16-19-22-57-58(23-24-64-31-30(63)29(62)28(61)26(25-59)65-31)27(60)20-17-14-15-18-21-32(40,41)33(42,43)34(44,45)35(46,47)36(48,49)37(50,51)38(52,53)39(54,55)56/h26,28-31,57,59,61-63H,2-25H2,1H3/t26-,28+,29+,30-,31-/m1/s1. The van der Waals surface area contributed by atoms with Crippen LogP contribution in [0.5, 0.6) is 0 Å². The Kier molecular flexibility index (Phi) is 24.5. The average molecular weight is 993 g/mol. The van der Waals surface area contributed by atoms with Crippen molar-refractivity contribution in [2.45, 2.75) is 214 Å². The molecule has 0 saturated carbocycles. The normalized spacial score (nSPS) is 21.0. The second-order valence-corrected chi connectivity index (χ2v) is 16.2. The second kappa shape index (κ2) is 26.1. The lowest BCUT2D eigenvalue weighted by Crippen LogP contribution is -2.74. The molecule has 1 saturated heterocycles. The molecular formula is C39H61F17N2O7. The SMILES string of the molecule is CCCCCCCCCCCCCCCCNN(CCO[C@@H]1O[C@H](CO)[C@H](O)[C@H](O)[C@H]1O)C(=O)CCCCCCC(F)(F)C(F)(F)C(F)(F)C(F)(F)C(F)(F)C(F)(F)C(F)(F)C(F)(F)F. The molecule has 0 aliphatic carbocycles. The summed E-state index contributed by atoms with van der Waals surface area (Å²) in [6.45, 7) is 0.974. The lowest BCUT2D eigenvalue weighted by atomic mass is 9.87. The zero-order valence-electron chi connectivity index (χ0n) is 35.7. The van der Waals surface area contributed by atoms with Gasteiger partial charge in [-0.3, -0.25) is 9.80 Å². The Morgan fingerprint density at radius 3 is 1.43 bits per heavy atom. The summed E-state index contributed by atoms with van der Waals surface area (Å²) >= 11 is 0. The van der Waals surface area contributed by atoms with E-state index in [1.807, 2.05) is 0 Å². The molecule has 0 unspecified atom stereocenters. The lowest BCUT2D eigenvalue weighted by molar-refractivity contribution is -0.461. The van der Waals surface area contributed by atoms with Crippen LogP contribution in [0, 0.1) is 0 Å². The highest BCUT2D eigenvalue weighted by molar-refractivity contribution is 5.75. The first kappa shape index (κ1) is 61.0. The van der Waals surface area contributed by atoms with Crippen molar-refractivity contribution in [3.8, 4) is 0 Å². The van der Waals surface area contributed by atoms with E-state index in [0.29, 0.717) is 6.42 Å². The quantitative estimate of drug-likeness (QED) is 0.0245. The minimum Gasteiger partial charge on any atom is -0.394 e. The number of hydrogen-bond donors (Lipinski definition) is 5. The van der Waals surface area contributed by atoms with Crippen molar-refractivity contribution < 1.29 is 109 Å². The molecule has 0 bridgehead atoms. The van der Waals surface area contributed by atoms with E-state index in [1.54, 1.807) is 0 Å². The highest BCUT2D eigenvalue weighted by Gasteiger charge is 2.95. The number of nitrogens with zero attached hydrogens (tertiary/aromatic N) is 1. The van der Waals surface area contributed by atoms with E-state index >= 15 is 0 Å². The predicted octanol–water partition coefficient (Wildman–Crippen LogP) is 9.97. The van der Waals surface area contributed by atoms with Crippen molar-refractivity contribution in [3.63, 3.8) is 0 Å². The molecule has 1 aliphatic rings. The van der Waals surface area contributed by atoms with E-state index in [4.69, 9.17) is 9.47 Å². The number of hydrogen-bond acceptors (Lipinski definition) is 8. The highest BCUT2D eigenvalue weighted by Crippen LogP contribution is 2.64. The molecule has 1 rings (SSSR count). The van der Waals surface area contributed by atoms with Crippen LogP contribution in [0.15, 0.2) is 0 Å². The zero-order chi connectivity index (χ0) is 50.1. The predicted molar refractivity (Wildman–Crippen MR) is 198 cm³/mol. The van der Waals surface area contributed by atoms with Gasteiger partial charge in [0.15, 0.2) is 6.29 Å². The number of unbranched alkanes of at least 4 members (excludes halogenated alkanes) is 16. The summed E-state index contributed by atoms with van der Waals surface area (Å²) in [5.41, 5.74) is 2.86. The van der Waals surface area contributed by atoms with Gasteiger partial charge in [0.2, 0.25) is 5.91 Å². The molecule has 1 amide bonds. The van der Waals surface area contributed by atoms with Crippen LogP contribution in [0.25, 0.3) is 0 Å².